The lowest BCUT2D eigenvalue weighted by atomic mass is 9.99. The molecule has 3 nitrogen and oxygen atoms in total. The molecule has 0 aliphatic carbocycles. The molecule has 10 aromatic rings. The number of nitrogens with zero attached hydrogens (tertiary/aromatic N) is 3. The molecule has 0 aromatic heterocycles. The van der Waals surface area contributed by atoms with Gasteiger partial charge in [-0.15, -0.1) is 0 Å². The largest absolute Gasteiger partial charge is 0.310 e. The standard InChI is InChI=1S/C62H49N3/c1-46-17-15-27-58(43-46)63(55-35-29-50(30-36-55)48-19-7-3-8-20-48)56-39-33-52(34-40-56)61-42-41-60(45-62(61)65(53-23-11-5-12-24-53)54-25-13-6-14-26-54)64(59-28-16-18-47(2)44-59)57-37-31-51(32-38-57)49-21-9-4-10-22-49/h3-45H,1-2H3. The maximum atomic E-state index is 2.38. The topological polar surface area (TPSA) is 9.72 Å². The zero-order chi connectivity index (χ0) is 44.0. The van der Waals surface area contributed by atoms with Crippen molar-refractivity contribution in [2.24, 2.45) is 0 Å². The first-order chi connectivity index (χ1) is 32.1. The van der Waals surface area contributed by atoms with Crippen LogP contribution in [0.3, 0.4) is 0 Å². The molecule has 0 radical (unpaired) electrons. The van der Waals surface area contributed by atoms with Gasteiger partial charge in [0.05, 0.1) is 5.69 Å². The smallest absolute Gasteiger partial charge is 0.0560 e. The minimum Gasteiger partial charge on any atom is -0.310 e. The molecule has 0 aliphatic rings. The van der Waals surface area contributed by atoms with E-state index >= 15 is 0 Å². The molecule has 0 atom stereocenters. The van der Waals surface area contributed by atoms with Crippen LogP contribution in [0, 0.1) is 13.8 Å². The average molecular weight is 836 g/mol. The molecule has 0 saturated carbocycles. The fourth-order valence-corrected chi connectivity index (χ4v) is 8.76. The van der Waals surface area contributed by atoms with E-state index in [2.05, 4.69) is 289 Å². The van der Waals surface area contributed by atoms with Gasteiger partial charge in [0.15, 0.2) is 0 Å². The second-order valence-electron chi connectivity index (χ2n) is 16.4. The highest BCUT2D eigenvalue weighted by molar-refractivity contribution is 5.93. The van der Waals surface area contributed by atoms with Crippen LogP contribution in [0.4, 0.5) is 51.2 Å². The maximum absolute atomic E-state index is 2.38. The summed E-state index contributed by atoms with van der Waals surface area (Å²) in [7, 11) is 0. The predicted octanol–water partition coefficient (Wildman–Crippen LogP) is 17.7. The molecule has 312 valence electrons. The van der Waals surface area contributed by atoms with Gasteiger partial charge in [0.25, 0.3) is 0 Å². The fraction of sp³-hybridized carbons (Fsp3) is 0.0323. The van der Waals surface area contributed by atoms with Crippen LogP contribution >= 0.6 is 0 Å². The summed E-state index contributed by atoms with van der Waals surface area (Å²) in [6.45, 7) is 4.31. The Morgan fingerprint density at radius 3 is 0.938 bits per heavy atom. The summed E-state index contributed by atoms with van der Waals surface area (Å²) in [6, 6.07) is 93.8. The van der Waals surface area contributed by atoms with Crippen LogP contribution in [0.5, 0.6) is 0 Å². The monoisotopic (exact) mass is 835 g/mol. The summed E-state index contributed by atoms with van der Waals surface area (Å²) in [5.41, 5.74) is 19.2. The Morgan fingerprint density at radius 1 is 0.215 bits per heavy atom. The van der Waals surface area contributed by atoms with Gasteiger partial charge < -0.3 is 14.7 Å². The van der Waals surface area contributed by atoms with Gasteiger partial charge in [0.1, 0.15) is 0 Å². The van der Waals surface area contributed by atoms with Gasteiger partial charge >= 0.3 is 0 Å². The normalized spacial score (nSPS) is 10.9. The van der Waals surface area contributed by atoms with Crippen LogP contribution in [-0.2, 0) is 0 Å². The second-order valence-corrected chi connectivity index (χ2v) is 16.4. The molecular formula is C62H49N3. The van der Waals surface area contributed by atoms with Crippen LogP contribution in [0.1, 0.15) is 11.1 Å². The van der Waals surface area contributed by atoms with Gasteiger partial charge in [-0.3, -0.25) is 0 Å². The van der Waals surface area contributed by atoms with Crippen molar-refractivity contribution in [3.05, 3.63) is 272 Å². The fourth-order valence-electron chi connectivity index (χ4n) is 8.76. The highest BCUT2D eigenvalue weighted by atomic mass is 15.2. The first-order valence-corrected chi connectivity index (χ1v) is 22.3. The Kier molecular flexibility index (Phi) is 11.6. The summed E-state index contributed by atoms with van der Waals surface area (Å²) < 4.78 is 0. The molecule has 0 heterocycles. The zero-order valence-electron chi connectivity index (χ0n) is 36.7. The van der Waals surface area contributed by atoms with Crippen molar-refractivity contribution in [2.75, 3.05) is 14.7 Å². The van der Waals surface area contributed by atoms with Crippen LogP contribution in [0.2, 0.25) is 0 Å². The number of para-hydroxylation sites is 2. The van der Waals surface area contributed by atoms with Crippen molar-refractivity contribution in [3.63, 3.8) is 0 Å². The summed E-state index contributed by atoms with van der Waals surface area (Å²) in [4.78, 5) is 7.10. The zero-order valence-corrected chi connectivity index (χ0v) is 36.7. The van der Waals surface area contributed by atoms with Crippen molar-refractivity contribution >= 4 is 51.2 Å². The molecule has 0 N–H and O–H groups in total. The average Bonchev–Trinajstić information content (AvgIpc) is 3.36. The third-order valence-electron chi connectivity index (χ3n) is 11.9. The predicted molar refractivity (Wildman–Crippen MR) is 276 cm³/mol. The van der Waals surface area contributed by atoms with Crippen molar-refractivity contribution < 1.29 is 0 Å². The van der Waals surface area contributed by atoms with Gasteiger partial charge in [-0.05, 0) is 150 Å². The number of aryl methyl sites for hydroxylation is 2. The van der Waals surface area contributed by atoms with E-state index < -0.39 is 0 Å². The lowest BCUT2D eigenvalue weighted by Crippen LogP contribution is -2.14. The van der Waals surface area contributed by atoms with Crippen LogP contribution in [0.15, 0.2) is 261 Å². The first kappa shape index (κ1) is 40.7. The van der Waals surface area contributed by atoms with Gasteiger partial charge in [0, 0.05) is 51.1 Å². The molecule has 10 aromatic carbocycles. The van der Waals surface area contributed by atoms with Gasteiger partial charge in [0.2, 0.25) is 0 Å². The Labute approximate surface area is 383 Å². The van der Waals surface area contributed by atoms with Gasteiger partial charge in [-0.25, -0.2) is 0 Å². The Hall–Kier alpha value is -8.40. The van der Waals surface area contributed by atoms with E-state index in [4.69, 9.17) is 0 Å². The third kappa shape index (κ3) is 8.82. The first-order valence-electron chi connectivity index (χ1n) is 22.3. The maximum Gasteiger partial charge on any atom is 0.0560 e. The Balaban J connectivity index is 1.11. The highest BCUT2D eigenvalue weighted by Crippen LogP contribution is 2.46. The molecule has 0 saturated heterocycles. The number of benzene rings is 10. The summed E-state index contributed by atoms with van der Waals surface area (Å²) in [5, 5.41) is 0. The van der Waals surface area contributed by atoms with E-state index in [1.54, 1.807) is 0 Å². The molecule has 3 heteroatoms. The molecule has 0 spiro atoms. The number of rotatable bonds is 12. The number of hydrogen-bond donors (Lipinski definition) is 0. The van der Waals surface area contributed by atoms with Crippen molar-refractivity contribution in [3.8, 4) is 33.4 Å². The Morgan fingerprint density at radius 2 is 0.523 bits per heavy atom. The third-order valence-corrected chi connectivity index (χ3v) is 11.9. The van der Waals surface area contributed by atoms with Crippen molar-refractivity contribution in [1.82, 2.24) is 0 Å². The summed E-state index contributed by atoms with van der Waals surface area (Å²) in [6.07, 6.45) is 0. The summed E-state index contributed by atoms with van der Waals surface area (Å²) in [5.74, 6) is 0. The second kappa shape index (κ2) is 18.5. The molecule has 10 rings (SSSR count). The Bertz CT molecular complexity index is 3090. The molecule has 0 bridgehead atoms. The van der Waals surface area contributed by atoms with Gasteiger partial charge in [-0.2, -0.15) is 0 Å². The summed E-state index contributed by atoms with van der Waals surface area (Å²) >= 11 is 0. The van der Waals surface area contributed by atoms with E-state index in [1.807, 2.05) is 0 Å². The number of anilines is 9. The van der Waals surface area contributed by atoms with Crippen LogP contribution < -0.4 is 14.7 Å². The van der Waals surface area contributed by atoms with Crippen molar-refractivity contribution in [2.45, 2.75) is 13.8 Å². The van der Waals surface area contributed by atoms with Crippen molar-refractivity contribution in [1.29, 1.82) is 0 Å². The van der Waals surface area contributed by atoms with Crippen LogP contribution in [0.25, 0.3) is 33.4 Å². The van der Waals surface area contributed by atoms with E-state index in [9.17, 15) is 0 Å². The quantitative estimate of drug-likeness (QED) is 0.121. The lowest BCUT2D eigenvalue weighted by molar-refractivity contribution is 1.24. The molecule has 0 aliphatic heterocycles. The minimum atomic E-state index is 1.06. The molecule has 0 fully saturated rings. The molecule has 65 heavy (non-hydrogen) atoms. The van der Waals surface area contributed by atoms with E-state index in [0.717, 1.165) is 62.3 Å². The lowest BCUT2D eigenvalue weighted by Gasteiger charge is -2.31. The minimum absolute atomic E-state index is 1.06. The highest BCUT2D eigenvalue weighted by Gasteiger charge is 2.22. The molecular weight excluding hydrogens is 787 g/mol. The van der Waals surface area contributed by atoms with Gasteiger partial charge in [-0.1, -0.05) is 164 Å². The molecule has 0 amide bonds. The number of hydrogen-bond acceptors (Lipinski definition) is 3. The van der Waals surface area contributed by atoms with E-state index in [1.165, 1.54) is 33.4 Å². The SMILES string of the molecule is Cc1cccc(N(c2ccc(-c3ccccc3)cc2)c2ccc(-c3ccc(N(c4ccc(-c5ccccc5)cc4)c4cccc(C)c4)cc3N(c3ccccc3)c3ccccc3)cc2)c1. The molecule has 0 unspecified atom stereocenters. The van der Waals surface area contributed by atoms with E-state index in [0.29, 0.717) is 0 Å². The van der Waals surface area contributed by atoms with Crippen LogP contribution in [-0.4, -0.2) is 0 Å². The van der Waals surface area contributed by atoms with E-state index in [-0.39, 0.29) is 0 Å².